The van der Waals surface area contributed by atoms with Gasteiger partial charge in [0.25, 0.3) is 5.91 Å². The van der Waals surface area contributed by atoms with Crippen LogP contribution >= 0.6 is 0 Å². The van der Waals surface area contributed by atoms with Crippen LogP contribution in [0.15, 0.2) is 24.3 Å². The van der Waals surface area contributed by atoms with Crippen LogP contribution in [0.5, 0.6) is 0 Å². The molecule has 0 aromatic heterocycles. The number of benzene rings is 1. The van der Waals surface area contributed by atoms with Crippen LogP contribution in [0.2, 0.25) is 0 Å². The maximum absolute atomic E-state index is 12.1. The quantitative estimate of drug-likeness (QED) is 0.632. The van der Waals surface area contributed by atoms with Gasteiger partial charge in [-0.05, 0) is 20.0 Å². The molecule has 3 nitrogen and oxygen atoms in total. The molecule has 1 aromatic rings. The van der Waals surface area contributed by atoms with E-state index in [0.717, 1.165) is 24.2 Å². The van der Waals surface area contributed by atoms with Crippen molar-refractivity contribution in [1.29, 1.82) is 0 Å². The van der Waals surface area contributed by atoms with Crippen LogP contribution in [-0.4, -0.2) is 35.8 Å². The van der Waals surface area contributed by atoms with Gasteiger partial charge in [0.1, 0.15) is 5.66 Å². The lowest BCUT2D eigenvalue weighted by Crippen LogP contribution is -2.43. The molecule has 1 saturated heterocycles. The number of likely N-dealkylation sites (N-methyl/N-ethyl adjacent to an activating group) is 1. The van der Waals surface area contributed by atoms with Crippen LogP contribution in [0.25, 0.3) is 0 Å². The third-order valence-electron chi connectivity index (χ3n) is 3.84. The average Bonchev–Trinajstić information content (AvgIpc) is 2.66. The van der Waals surface area contributed by atoms with Crippen molar-refractivity contribution in [2.24, 2.45) is 0 Å². The minimum Gasteiger partial charge on any atom is -0.315 e. The molecule has 2 aliphatic rings. The summed E-state index contributed by atoms with van der Waals surface area (Å²) in [6, 6.07) is 7.93. The van der Waals surface area contributed by atoms with Crippen molar-refractivity contribution in [3.63, 3.8) is 0 Å². The number of rotatable bonds is 0. The van der Waals surface area contributed by atoms with Crippen molar-refractivity contribution < 1.29 is 4.79 Å². The summed E-state index contributed by atoms with van der Waals surface area (Å²) in [6.45, 7) is 3.92. The first kappa shape index (κ1) is 8.92. The van der Waals surface area contributed by atoms with Crippen LogP contribution in [0.4, 0.5) is 0 Å². The van der Waals surface area contributed by atoms with Crippen molar-refractivity contribution in [3.05, 3.63) is 35.4 Å². The molecule has 2 heterocycles. The highest BCUT2D eigenvalue weighted by Crippen LogP contribution is 2.43. The predicted molar refractivity (Wildman–Crippen MR) is 57.5 cm³/mol. The van der Waals surface area contributed by atoms with Crippen LogP contribution < -0.4 is 0 Å². The number of fused-ring (bicyclic) bond motifs is 3. The molecular formula is C12H14N2O. The summed E-state index contributed by atoms with van der Waals surface area (Å²) in [5, 5.41) is 0. The molecular weight excluding hydrogens is 188 g/mol. The molecule has 0 radical (unpaired) electrons. The maximum atomic E-state index is 12.1. The Kier molecular flexibility index (Phi) is 1.55. The third kappa shape index (κ3) is 0.868. The highest BCUT2D eigenvalue weighted by Gasteiger charge is 2.51. The van der Waals surface area contributed by atoms with Crippen LogP contribution in [-0.2, 0) is 5.66 Å². The molecule has 0 aliphatic carbocycles. The van der Waals surface area contributed by atoms with Crippen molar-refractivity contribution in [2.45, 2.75) is 12.6 Å². The molecule has 0 N–H and O–H groups in total. The lowest BCUT2D eigenvalue weighted by Gasteiger charge is -2.34. The zero-order chi connectivity index (χ0) is 10.6. The molecule has 0 saturated carbocycles. The van der Waals surface area contributed by atoms with E-state index >= 15 is 0 Å². The summed E-state index contributed by atoms with van der Waals surface area (Å²) in [7, 11) is 2.08. The van der Waals surface area contributed by atoms with Gasteiger partial charge in [0.15, 0.2) is 0 Å². The first-order chi connectivity index (χ1) is 7.15. The number of amides is 1. The monoisotopic (exact) mass is 202 g/mol. The van der Waals surface area contributed by atoms with Crippen LogP contribution in [0, 0.1) is 0 Å². The van der Waals surface area contributed by atoms with E-state index in [4.69, 9.17) is 0 Å². The van der Waals surface area contributed by atoms with Gasteiger partial charge in [-0.3, -0.25) is 9.69 Å². The summed E-state index contributed by atoms with van der Waals surface area (Å²) in [6.07, 6.45) is 0. The lowest BCUT2D eigenvalue weighted by molar-refractivity contribution is 0.0437. The molecule has 1 aromatic carbocycles. The van der Waals surface area contributed by atoms with Gasteiger partial charge in [0, 0.05) is 24.2 Å². The smallest absolute Gasteiger partial charge is 0.256 e. The van der Waals surface area contributed by atoms with E-state index in [-0.39, 0.29) is 11.6 Å². The zero-order valence-corrected chi connectivity index (χ0v) is 9.03. The number of nitrogens with zero attached hydrogens (tertiary/aromatic N) is 2. The van der Waals surface area contributed by atoms with Crippen molar-refractivity contribution in [3.8, 4) is 0 Å². The minimum atomic E-state index is -0.215. The Morgan fingerprint density at radius 1 is 1.27 bits per heavy atom. The van der Waals surface area contributed by atoms with Gasteiger partial charge in [0.05, 0.1) is 0 Å². The molecule has 0 spiro atoms. The van der Waals surface area contributed by atoms with Crippen LogP contribution in [0.1, 0.15) is 22.8 Å². The van der Waals surface area contributed by atoms with E-state index < -0.39 is 0 Å². The molecule has 1 unspecified atom stereocenters. The van der Waals surface area contributed by atoms with E-state index in [1.807, 2.05) is 23.1 Å². The largest absolute Gasteiger partial charge is 0.315 e. The summed E-state index contributed by atoms with van der Waals surface area (Å²) in [4.78, 5) is 16.3. The van der Waals surface area contributed by atoms with Crippen molar-refractivity contribution in [1.82, 2.24) is 9.80 Å². The van der Waals surface area contributed by atoms with Crippen LogP contribution in [0.3, 0.4) is 0 Å². The van der Waals surface area contributed by atoms with E-state index in [9.17, 15) is 4.79 Å². The van der Waals surface area contributed by atoms with E-state index in [0.29, 0.717) is 0 Å². The minimum absolute atomic E-state index is 0.178. The molecule has 1 fully saturated rings. The molecule has 1 amide bonds. The summed E-state index contributed by atoms with van der Waals surface area (Å²) in [5.41, 5.74) is 1.80. The molecule has 1 atom stereocenters. The topological polar surface area (TPSA) is 23.6 Å². The van der Waals surface area contributed by atoms with Gasteiger partial charge in [-0.2, -0.15) is 0 Å². The van der Waals surface area contributed by atoms with Gasteiger partial charge in [-0.1, -0.05) is 18.2 Å². The molecule has 2 aliphatic heterocycles. The third-order valence-corrected chi connectivity index (χ3v) is 3.84. The second-order valence-corrected chi connectivity index (χ2v) is 4.44. The Hall–Kier alpha value is -1.35. The molecule has 78 valence electrons. The lowest BCUT2D eigenvalue weighted by atomic mass is 10.00. The fraction of sp³-hybridized carbons (Fsp3) is 0.417. The number of carbonyl (C=O) groups excluding carboxylic acids is 1. The zero-order valence-electron chi connectivity index (χ0n) is 9.03. The van der Waals surface area contributed by atoms with E-state index in [1.54, 1.807) is 0 Å². The highest BCUT2D eigenvalue weighted by atomic mass is 16.2. The Balaban J connectivity index is 2.26. The predicted octanol–water partition coefficient (Wildman–Crippen LogP) is 1.26. The summed E-state index contributed by atoms with van der Waals surface area (Å²) < 4.78 is 0. The van der Waals surface area contributed by atoms with Gasteiger partial charge >= 0.3 is 0 Å². The van der Waals surface area contributed by atoms with E-state index in [1.165, 1.54) is 0 Å². The van der Waals surface area contributed by atoms with Gasteiger partial charge < -0.3 is 4.90 Å². The number of carbonyl (C=O) groups is 1. The fourth-order valence-corrected chi connectivity index (χ4v) is 2.77. The maximum Gasteiger partial charge on any atom is 0.256 e. The number of hydrogen-bond acceptors (Lipinski definition) is 2. The van der Waals surface area contributed by atoms with Gasteiger partial charge in [-0.25, -0.2) is 0 Å². The standard InChI is InChI=1S/C12H14N2O/c1-12-10-6-4-3-5-9(10)11(15)14(12)8-7-13(12)2/h3-6H,7-8H2,1-2H3. The summed E-state index contributed by atoms with van der Waals surface area (Å²) in [5.74, 6) is 0.178. The Bertz CT molecular complexity index is 443. The van der Waals surface area contributed by atoms with Crippen molar-refractivity contribution in [2.75, 3.05) is 20.1 Å². The molecule has 0 bridgehead atoms. The summed E-state index contributed by atoms with van der Waals surface area (Å²) >= 11 is 0. The molecule has 3 heteroatoms. The Labute approximate surface area is 89.3 Å². The van der Waals surface area contributed by atoms with Gasteiger partial charge in [-0.15, -0.1) is 0 Å². The first-order valence-electron chi connectivity index (χ1n) is 5.28. The van der Waals surface area contributed by atoms with E-state index in [2.05, 4.69) is 24.9 Å². The fourth-order valence-electron chi connectivity index (χ4n) is 2.77. The SMILES string of the molecule is CN1CCN2C(=O)c3ccccc3C12C. The average molecular weight is 202 g/mol. The second-order valence-electron chi connectivity index (χ2n) is 4.44. The van der Waals surface area contributed by atoms with Crippen molar-refractivity contribution >= 4 is 5.91 Å². The Morgan fingerprint density at radius 3 is 2.80 bits per heavy atom. The first-order valence-corrected chi connectivity index (χ1v) is 5.28. The number of hydrogen-bond donors (Lipinski definition) is 0. The highest BCUT2D eigenvalue weighted by molar-refractivity contribution is 6.00. The normalized spacial score (nSPS) is 29.5. The second kappa shape index (κ2) is 2.61. The Morgan fingerprint density at radius 2 is 2.00 bits per heavy atom. The molecule has 3 rings (SSSR count). The van der Waals surface area contributed by atoms with Gasteiger partial charge in [0.2, 0.25) is 0 Å². The molecule has 15 heavy (non-hydrogen) atoms.